The quantitative estimate of drug-likeness (QED) is 0.161. The van der Waals surface area contributed by atoms with E-state index in [1.807, 2.05) is 0 Å². The van der Waals surface area contributed by atoms with Crippen LogP contribution in [0.3, 0.4) is 0 Å². The van der Waals surface area contributed by atoms with Gasteiger partial charge in [-0.05, 0) is 0 Å². The number of hydrogen-bond acceptors (Lipinski definition) is 2. The summed E-state index contributed by atoms with van der Waals surface area (Å²) in [7, 11) is 2.74. The Labute approximate surface area is 57.3 Å². The summed E-state index contributed by atoms with van der Waals surface area (Å²) in [4.78, 5) is 9.00. The monoisotopic (exact) mass is 98.0 g/mol. The normalized spacial score (nSPS) is 5.50. The van der Waals surface area contributed by atoms with Crippen LogP contribution in [0.2, 0.25) is 0 Å². The first-order valence-electron chi connectivity index (χ1n) is 0.942. The molecule has 0 saturated carbocycles. The van der Waals surface area contributed by atoms with E-state index in [1.54, 1.807) is 0 Å². The molecule has 0 unspecified atom stereocenters. The van der Waals surface area contributed by atoms with Gasteiger partial charge in [-0.2, -0.15) is 7.05 Å². The minimum absolute atomic E-state index is 0. The van der Waals surface area contributed by atoms with Crippen molar-refractivity contribution in [1.29, 1.82) is 0 Å². The fraction of sp³-hybridized carbons (Fsp3) is 0. The van der Waals surface area contributed by atoms with Gasteiger partial charge in [-0.15, -0.1) is 0 Å². The van der Waals surface area contributed by atoms with E-state index in [0.29, 0.717) is 0 Å². The number of nitrogens with zero attached hydrogens (tertiary/aromatic N) is 1. The van der Waals surface area contributed by atoms with Gasteiger partial charge in [-0.1, -0.05) is 0 Å². The molecule has 0 aromatic heterocycles. The van der Waals surface area contributed by atoms with Gasteiger partial charge in [-0.25, -0.2) is 10.1 Å². The van der Waals surface area contributed by atoms with Crippen molar-refractivity contribution in [3.63, 3.8) is 0 Å². The molecular weight excluding hydrogens is 95.0 g/mol. The molecule has 30 valence electrons. The van der Waals surface area contributed by atoms with Crippen LogP contribution in [0.4, 0.5) is 0 Å². The summed E-state index contributed by atoms with van der Waals surface area (Å²) in [5.74, 6) is 0. The number of hydrazine groups is 1. The molecule has 0 aromatic rings. The predicted octanol–water partition coefficient (Wildman–Crippen LogP) is -3.44. The fourth-order valence-electron chi connectivity index (χ4n) is 0. The van der Waals surface area contributed by atoms with Gasteiger partial charge in [0.1, 0.15) is 5.03 Å². The Hall–Kier alpha value is 0.200. The molecule has 0 radical (unpaired) electrons. The molecule has 0 spiro atoms. The second-order valence-corrected chi connectivity index (χ2v) is 0.415. The van der Waals surface area contributed by atoms with E-state index in [1.165, 1.54) is 5.43 Å². The molecule has 0 atom stereocenters. The average Bonchev–Trinajstić information content (AvgIpc) is 1.38. The van der Waals surface area contributed by atoms with E-state index in [0.717, 1.165) is 0 Å². The Kier molecular flexibility index (Phi) is 8.24. The van der Waals surface area contributed by atoms with Gasteiger partial charge in [0, 0.05) is 0 Å². The Morgan fingerprint density at radius 2 is 2.00 bits per heavy atom. The van der Waals surface area contributed by atoms with E-state index in [4.69, 9.17) is 10.1 Å². The molecule has 0 bridgehead atoms. The van der Waals surface area contributed by atoms with E-state index in [2.05, 4.69) is 7.05 Å². The van der Waals surface area contributed by atoms with Gasteiger partial charge < -0.3 is 0 Å². The van der Waals surface area contributed by atoms with Crippen LogP contribution in [0.5, 0.6) is 0 Å². The van der Waals surface area contributed by atoms with Crippen molar-refractivity contribution in [1.82, 2.24) is 5.43 Å². The standard InChI is InChI=1S/CH3N2O2.Na/c1-2-3(4)5;/h2H,1H2;/q-1;+1. The van der Waals surface area contributed by atoms with Crippen molar-refractivity contribution in [2.45, 2.75) is 0 Å². The zero-order valence-electron chi connectivity index (χ0n) is 3.47. The van der Waals surface area contributed by atoms with Crippen LogP contribution in [-0.4, -0.2) is 5.03 Å². The van der Waals surface area contributed by atoms with Gasteiger partial charge in [0.2, 0.25) is 0 Å². The molecule has 0 aromatic carbocycles. The molecular formula is CH3N2NaO2. The molecule has 6 heavy (non-hydrogen) atoms. The van der Waals surface area contributed by atoms with E-state index in [9.17, 15) is 0 Å². The number of nitrogens with one attached hydrogen (secondary N) is 1. The Morgan fingerprint density at radius 3 is 2.00 bits per heavy atom. The molecule has 0 aliphatic carbocycles. The van der Waals surface area contributed by atoms with Crippen molar-refractivity contribution < 1.29 is 34.6 Å². The van der Waals surface area contributed by atoms with E-state index < -0.39 is 5.03 Å². The maximum Gasteiger partial charge on any atom is 1.00 e. The summed E-state index contributed by atoms with van der Waals surface area (Å²) in [5.41, 5.74) is 1.50. The number of hydrogen-bond donors (Lipinski definition) is 1. The molecule has 0 aliphatic heterocycles. The first-order chi connectivity index (χ1) is 2.27. The van der Waals surface area contributed by atoms with Crippen LogP contribution in [0, 0.1) is 17.2 Å². The topological polar surface area (TPSA) is 55.2 Å². The Balaban J connectivity index is 0. The third-order valence-corrected chi connectivity index (χ3v) is 0.129. The molecule has 0 heterocycles. The first-order valence-corrected chi connectivity index (χ1v) is 0.942. The average molecular weight is 98.0 g/mol. The van der Waals surface area contributed by atoms with Crippen LogP contribution in [-0.2, 0) is 0 Å². The molecule has 4 nitrogen and oxygen atoms in total. The zero-order chi connectivity index (χ0) is 4.28. The minimum atomic E-state index is -0.736. The molecule has 0 saturated heterocycles. The zero-order valence-corrected chi connectivity index (χ0v) is 5.47. The second-order valence-electron chi connectivity index (χ2n) is 0.415. The van der Waals surface area contributed by atoms with Gasteiger partial charge >= 0.3 is 29.6 Å². The summed E-state index contributed by atoms with van der Waals surface area (Å²) in [6.07, 6.45) is 0. The van der Waals surface area contributed by atoms with E-state index >= 15 is 0 Å². The van der Waals surface area contributed by atoms with Crippen LogP contribution in [0.15, 0.2) is 0 Å². The van der Waals surface area contributed by atoms with Gasteiger partial charge in [0.15, 0.2) is 0 Å². The Morgan fingerprint density at radius 1 is 1.83 bits per heavy atom. The van der Waals surface area contributed by atoms with Crippen LogP contribution in [0.25, 0.3) is 0 Å². The summed E-state index contributed by atoms with van der Waals surface area (Å²) >= 11 is 0. The third-order valence-electron chi connectivity index (χ3n) is 0.129. The first kappa shape index (κ1) is 9.50. The minimum Gasteiger partial charge on any atom is -0.286 e. The largest absolute Gasteiger partial charge is 1.00 e. The molecule has 1 N–H and O–H groups in total. The predicted molar refractivity (Wildman–Crippen MR) is 15.5 cm³/mol. The molecule has 0 rings (SSSR count). The molecule has 0 fully saturated rings. The molecule has 0 aliphatic rings. The van der Waals surface area contributed by atoms with Crippen molar-refractivity contribution in [3.05, 3.63) is 17.2 Å². The Bertz CT molecular complexity index is 46.8. The van der Waals surface area contributed by atoms with Crippen molar-refractivity contribution in [3.8, 4) is 0 Å². The number of rotatable bonds is 1. The fourth-order valence-corrected chi connectivity index (χ4v) is 0. The van der Waals surface area contributed by atoms with Crippen LogP contribution >= 0.6 is 0 Å². The second kappa shape index (κ2) is 5.20. The number of nitro groups is 1. The summed E-state index contributed by atoms with van der Waals surface area (Å²) in [6.45, 7) is 0. The van der Waals surface area contributed by atoms with Gasteiger partial charge in [0.05, 0.1) is 0 Å². The summed E-state index contributed by atoms with van der Waals surface area (Å²) in [5, 5.41) is 8.26. The molecule has 5 heteroatoms. The van der Waals surface area contributed by atoms with Crippen LogP contribution < -0.4 is 35.0 Å². The van der Waals surface area contributed by atoms with Crippen molar-refractivity contribution in [2.24, 2.45) is 0 Å². The van der Waals surface area contributed by atoms with E-state index in [-0.39, 0.29) is 29.6 Å². The van der Waals surface area contributed by atoms with Crippen molar-refractivity contribution >= 4 is 0 Å². The smallest absolute Gasteiger partial charge is 0.286 e. The summed E-state index contributed by atoms with van der Waals surface area (Å²) in [6, 6.07) is 0. The maximum absolute atomic E-state index is 9.00. The summed E-state index contributed by atoms with van der Waals surface area (Å²) < 4.78 is 0. The maximum atomic E-state index is 9.00. The third kappa shape index (κ3) is 8.89. The van der Waals surface area contributed by atoms with Crippen LogP contribution in [0.1, 0.15) is 0 Å². The van der Waals surface area contributed by atoms with Gasteiger partial charge in [-0.3, -0.25) is 5.43 Å². The van der Waals surface area contributed by atoms with Crippen molar-refractivity contribution in [2.75, 3.05) is 0 Å². The van der Waals surface area contributed by atoms with Gasteiger partial charge in [0.25, 0.3) is 0 Å². The molecule has 0 amide bonds. The SMILES string of the molecule is [CH2-]N[N+](=O)[O-].[Na+].